The lowest BCUT2D eigenvalue weighted by molar-refractivity contribution is -0.117. The van der Waals surface area contributed by atoms with Crippen molar-refractivity contribution in [2.75, 3.05) is 6.54 Å². The molecule has 1 amide bonds. The van der Waals surface area contributed by atoms with Gasteiger partial charge in [-0.15, -0.1) is 0 Å². The molecule has 0 saturated heterocycles. The predicted molar refractivity (Wildman–Crippen MR) is 118 cm³/mol. The molecule has 0 spiro atoms. The van der Waals surface area contributed by atoms with Crippen molar-refractivity contribution in [3.8, 4) is 0 Å². The maximum Gasteiger partial charge on any atom is 0.244 e. The summed E-state index contributed by atoms with van der Waals surface area (Å²) in [6, 6.07) is 0. The minimum atomic E-state index is -0.795. The van der Waals surface area contributed by atoms with E-state index in [1.54, 1.807) is 6.08 Å². The second kappa shape index (κ2) is 17.5. The third-order valence-electron chi connectivity index (χ3n) is 4.29. The zero-order valence-corrected chi connectivity index (χ0v) is 17.5. The van der Waals surface area contributed by atoms with E-state index < -0.39 is 5.60 Å². The summed E-state index contributed by atoms with van der Waals surface area (Å²) in [7, 11) is 0. The number of rotatable bonds is 15. The molecule has 0 bridgehead atoms. The fourth-order valence-corrected chi connectivity index (χ4v) is 2.48. The summed E-state index contributed by atoms with van der Waals surface area (Å²) in [5.74, 6) is -0.177. The second-order valence-electron chi connectivity index (χ2n) is 6.79. The van der Waals surface area contributed by atoms with Gasteiger partial charge in [0.15, 0.2) is 0 Å². The van der Waals surface area contributed by atoms with Gasteiger partial charge in [-0.2, -0.15) is 0 Å². The van der Waals surface area contributed by atoms with Gasteiger partial charge in [0.05, 0.1) is 5.60 Å². The average Bonchev–Trinajstić information content (AvgIpc) is 2.67. The van der Waals surface area contributed by atoms with Crippen LogP contribution in [0, 0.1) is 0 Å². The van der Waals surface area contributed by atoms with Gasteiger partial charge < -0.3 is 10.4 Å². The van der Waals surface area contributed by atoms with Gasteiger partial charge in [-0.05, 0) is 32.1 Å². The van der Waals surface area contributed by atoms with Gasteiger partial charge in [-0.25, -0.2) is 0 Å². The number of nitrogens with one attached hydrogen (secondary N) is 1. The molecule has 0 saturated carbocycles. The van der Waals surface area contributed by atoms with Gasteiger partial charge in [0.2, 0.25) is 5.91 Å². The molecule has 2 N–H and O–H groups in total. The van der Waals surface area contributed by atoms with E-state index in [2.05, 4.69) is 42.6 Å². The van der Waals surface area contributed by atoms with Crippen molar-refractivity contribution in [3.63, 3.8) is 0 Å². The highest BCUT2D eigenvalue weighted by atomic mass is 16.3. The fourth-order valence-electron chi connectivity index (χ4n) is 2.48. The van der Waals surface area contributed by atoms with Gasteiger partial charge in [0.25, 0.3) is 0 Å². The number of carbonyl (C=O) groups excluding carboxylic acids is 1. The van der Waals surface area contributed by atoms with Gasteiger partial charge in [-0.3, -0.25) is 4.79 Å². The van der Waals surface area contributed by atoms with Crippen LogP contribution in [0.3, 0.4) is 0 Å². The Morgan fingerprint density at radius 2 is 1.44 bits per heavy atom. The molecular weight excluding hydrogens is 334 g/mol. The molecule has 3 heteroatoms. The van der Waals surface area contributed by atoms with Crippen LogP contribution in [0.25, 0.3) is 0 Å². The maximum absolute atomic E-state index is 11.8. The van der Waals surface area contributed by atoms with Gasteiger partial charge in [-0.1, -0.05) is 94.7 Å². The first kappa shape index (κ1) is 25.1. The number of carbonyl (C=O) groups is 1. The van der Waals surface area contributed by atoms with Crippen LogP contribution in [0.1, 0.15) is 72.1 Å². The number of hydrogen-bond donors (Lipinski definition) is 2. The molecule has 0 aromatic carbocycles. The van der Waals surface area contributed by atoms with E-state index in [4.69, 9.17) is 0 Å². The van der Waals surface area contributed by atoms with Gasteiger partial charge >= 0.3 is 0 Å². The number of allylic oxidation sites excluding steroid dienone is 9. The van der Waals surface area contributed by atoms with Crippen molar-refractivity contribution in [3.05, 3.63) is 60.8 Å². The van der Waals surface area contributed by atoms with E-state index >= 15 is 0 Å². The summed E-state index contributed by atoms with van der Waals surface area (Å²) in [6.45, 7) is 6.47. The largest absolute Gasteiger partial charge is 0.388 e. The summed E-state index contributed by atoms with van der Waals surface area (Å²) in [4.78, 5) is 11.8. The number of unbranched alkanes of at least 4 members (excludes halogenated alkanes) is 3. The number of hydrogen-bond acceptors (Lipinski definition) is 2. The Morgan fingerprint density at radius 3 is 2.04 bits per heavy atom. The standard InChI is InChI=1S/C24H39NO2/c1-4-7-8-9-10-11-12-13-14-15-16-17-18-19-20-23(26)25-22-24(27,6-3)21-5-2/h9-12,15-20,27H,4-8,13-14,21-22H2,1-3H3,(H,25,26). The molecule has 0 aromatic heterocycles. The Labute approximate surface area is 166 Å². The van der Waals surface area contributed by atoms with Crippen molar-refractivity contribution < 1.29 is 9.90 Å². The summed E-state index contributed by atoms with van der Waals surface area (Å²) in [5.41, 5.74) is -0.795. The predicted octanol–water partition coefficient (Wildman–Crippen LogP) is 5.80. The smallest absolute Gasteiger partial charge is 0.244 e. The lowest BCUT2D eigenvalue weighted by atomic mass is 9.95. The van der Waals surface area contributed by atoms with Crippen LogP contribution in [0.5, 0.6) is 0 Å². The lowest BCUT2D eigenvalue weighted by Gasteiger charge is -2.26. The van der Waals surface area contributed by atoms with Crippen LogP contribution in [0.15, 0.2) is 60.8 Å². The Kier molecular flexibility index (Phi) is 16.3. The normalized spacial score (nSPS) is 15.0. The molecule has 0 rings (SSSR count). The van der Waals surface area contributed by atoms with Gasteiger partial charge in [0.1, 0.15) is 0 Å². The Bertz CT molecular complexity index is 514. The van der Waals surface area contributed by atoms with Crippen LogP contribution in [-0.4, -0.2) is 23.2 Å². The molecule has 152 valence electrons. The molecule has 0 aliphatic rings. The summed E-state index contributed by atoms with van der Waals surface area (Å²) in [5, 5.41) is 13.1. The molecule has 1 unspecified atom stereocenters. The molecule has 3 nitrogen and oxygen atoms in total. The average molecular weight is 374 g/mol. The molecule has 0 aliphatic heterocycles. The summed E-state index contributed by atoms with van der Waals surface area (Å²) in [6.07, 6.45) is 27.6. The summed E-state index contributed by atoms with van der Waals surface area (Å²) < 4.78 is 0. The number of amides is 1. The molecule has 0 fully saturated rings. The third kappa shape index (κ3) is 16.1. The van der Waals surface area contributed by atoms with Crippen molar-refractivity contribution in [1.29, 1.82) is 0 Å². The van der Waals surface area contributed by atoms with Crippen LogP contribution in [-0.2, 0) is 4.79 Å². The topological polar surface area (TPSA) is 49.3 Å². The van der Waals surface area contributed by atoms with E-state index in [-0.39, 0.29) is 5.91 Å². The molecule has 0 radical (unpaired) electrons. The molecule has 0 aliphatic carbocycles. The van der Waals surface area contributed by atoms with Crippen molar-refractivity contribution in [1.82, 2.24) is 5.32 Å². The molecule has 1 atom stereocenters. The Balaban J connectivity index is 3.91. The quantitative estimate of drug-likeness (QED) is 0.217. The van der Waals surface area contributed by atoms with Crippen LogP contribution in [0.2, 0.25) is 0 Å². The van der Waals surface area contributed by atoms with Gasteiger partial charge in [0, 0.05) is 12.6 Å². The minimum Gasteiger partial charge on any atom is -0.388 e. The van der Waals surface area contributed by atoms with E-state index in [1.807, 2.05) is 32.1 Å². The highest BCUT2D eigenvalue weighted by Gasteiger charge is 2.23. The van der Waals surface area contributed by atoms with Crippen LogP contribution in [0.4, 0.5) is 0 Å². The molecule has 0 aromatic rings. The zero-order chi connectivity index (χ0) is 20.2. The lowest BCUT2D eigenvalue weighted by Crippen LogP contribution is -2.41. The third-order valence-corrected chi connectivity index (χ3v) is 4.29. The number of aliphatic hydroxyl groups is 1. The van der Waals surface area contributed by atoms with Crippen molar-refractivity contribution in [2.45, 2.75) is 77.7 Å². The van der Waals surface area contributed by atoms with Crippen LogP contribution >= 0.6 is 0 Å². The first-order valence-electron chi connectivity index (χ1n) is 10.4. The minimum absolute atomic E-state index is 0.177. The monoisotopic (exact) mass is 373 g/mol. The Hall–Kier alpha value is -1.87. The molecule has 0 heterocycles. The maximum atomic E-state index is 11.8. The first-order valence-corrected chi connectivity index (χ1v) is 10.4. The molecule has 27 heavy (non-hydrogen) atoms. The van der Waals surface area contributed by atoms with E-state index in [9.17, 15) is 9.90 Å². The zero-order valence-electron chi connectivity index (χ0n) is 17.5. The van der Waals surface area contributed by atoms with E-state index in [1.165, 1.54) is 18.9 Å². The first-order chi connectivity index (χ1) is 13.1. The van der Waals surface area contributed by atoms with Crippen molar-refractivity contribution in [2.24, 2.45) is 0 Å². The van der Waals surface area contributed by atoms with Crippen molar-refractivity contribution >= 4 is 5.91 Å². The molecular formula is C24H39NO2. The SMILES string of the molecule is CCCCC=CC=CCCC=CC=CC=CC(=O)NCC(O)(CC)CCC. The fraction of sp³-hybridized carbons (Fsp3) is 0.542. The summed E-state index contributed by atoms with van der Waals surface area (Å²) >= 11 is 0. The highest BCUT2D eigenvalue weighted by Crippen LogP contribution is 2.15. The second-order valence-corrected chi connectivity index (χ2v) is 6.79. The van der Waals surface area contributed by atoms with Crippen LogP contribution < -0.4 is 5.32 Å². The van der Waals surface area contributed by atoms with E-state index in [0.717, 1.165) is 25.7 Å². The van der Waals surface area contributed by atoms with E-state index in [0.29, 0.717) is 19.4 Å². The Morgan fingerprint density at radius 1 is 0.852 bits per heavy atom. The highest BCUT2D eigenvalue weighted by molar-refractivity contribution is 5.87.